The van der Waals surface area contributed by atoms with Crippen molar-refractivity contribution in [3.63, 3.8) is 0 Å². The summed E-state index contributed by atoms with van der Waals surface area (Å²) in [6.45, 7) is 2.52. The van der Waals surface area contributed by atoms with Gasteiger partial charge in [0, 0.05) is 34.3 Å². The number of nitrogens with one attached hydrogen (secondary N) is 1. The second kappa shape index (κ2) is 10.4. The van der Waals surface area contributed by atoms with Gasteiger partial charge in [-0.15, -0.1) is 0 Å². The Hall–Kier alpha value is -2.84. The van der Waals surface area contributed by atoms with Crippen LogP contribution in [-0.4, -0.2) is 27.6 Å². The van der Waals surface area contributed by atoms with Crippen LogP contribution >= 0.6 is 23.2 Å². The lowest BCUT2D eigenvalue weighted by atomic mass is 9.82. The minimum atomic E-state index is -0.224. The van der Waals surface area contributed by atoms with Gasteiger partial charge in [-0.05, 0) is 56.7 Å². The molecule has 1 fully saturated rings. The van der Waals surface area contributed by atoms with Gasteiger partial charge in [-0.25, -0.2) is 4.98 Å². The lowest BCUT2D eigenvalue weighted by Crippen LogP contribution is -2.31. The fraction of sp³-hybridized carbons (Fsp3) is 0.391. The van der Waals surface area contributed by atoms with E-state index in [9.17, 15) is 4.79 Å². The molecule has 174 valence electrons. The molecule has 1 amide bonds. The largest absolute Gasteiger partial charge is 0.485 e. The summed E-state index contributed by atoms with van der Waals surface area (Å²) in [5.41, 5.74) is 6.95. The van der Waals surface area contributed by atoms with Crippen molar-refractivity contribution in [2.45, 2.75) is 45.1 Å². The zero-order valence-electron chi connectivity index (χ0n) is 18.2. The predicted molar refractivity (Wildman–Crippen MR) is 126 cm³/mol. The molecule has 1 aliphatic rings. The van der Waals surface area contributed by atoms with Crippen LogP contribution in [-0.2, 0) is 6.61 Å². The van der Waals surface area contributed by atoms with Gasteiger partial charge in [0.25, 0.3) is 5.91 Å². The highest BCUT2D eigenvalue weighted by molar-refractivity contribution is 6.35. The Morgan fingerprint density at radius 3 is 2.64 bits per heavy atom. The summed E-state index contributed by atoms with van der Waals surface area (Å²) in [6.07, 6.45) is 5.34. The number of aromatic nitrogens is 3. The summed E-state index contributed by atoms with van der Waals surface area (Å²) in [5.74, 6) is 2.33. The number of hydrogen-bond acceptors (Lipinski definition) is 7. The lowest BCUT2D eigenvalue weighted by Gasteiger charge is -2.26. The van der Waals surface area contributed by atoms with Gasteiger partial charge in [0.1, 0.15) is 6.61 Å². The Kier molecular flexibility index (Phi) is 7.35. The number of ether oxygens (including phenoxy) is 1. The minimum absolute atomic E-state index is 0.109. The van der Waals surface area contributed by atoms with Gasteiger partial charge >= 0.3 is 0 Å². The van der Waals surface area contributed by atoms with E-state index in [1.165, 1.54) is 6.20 Å². The maximum atomic E-state index is 12.7. The first kappa shape index (κ1) is 23.3. The highest BCUT2D eigenvalue weighted by atomic mass is 35.5. The number of amides is 1. The molecule has 4 rings (SSSR count). The molecule has 8 nitrogen and oxygen atoms in total. The Labute approximate surface area is 201 Å². The molecular formula is C23H25Cl2N5O3. The number of carbonyl (C=O) groups excluding carboxylic acids is 1. The molecular weight excluding hydrogens is 465 g/mol. The third kappa shape index (κ3) is 5.75. The van der Waals surface area contributed by atoms with Crippen LogP contribution in [0.4, 0.5) is 5.82 Å². The van der Waals surface area contributed by atoms with Crippen LogP contribution in [0.1, 0.15) is 59.2 Å². The molecule has 33 heavy (non-hydrogen) atoms. The van der Waals surface area contributed by atoms with Crippen molar-refractivity contribution in [3.8, 4) is 5.75 Å². The number of nitrogens with two attached hydrogens (primary N) is 1. The number of halogens is 2. The van der Waals surface area contributed by atoms with Gasteiger partial charge in [0.15, 0.2) is 17.4 Å². The second-order valence-electron chi connectivity index (χ2n) is 8.20. The van der Waals surface area contributed by atoms with Crippen molar-refractivity contribution in [2.24, 2.45) is 5.92 Å². The molecule has 0 spiro atoms. The van der Waals surface area contributed by atoms with Gasteiger partial charge in [0.2, 0.25) is 5.89 Å². The molecule has 2 heterocycles. The van der Waals surface area contributed by atoms with E-state index in [-0.39, 0.29) is 18.3 Å². The predicted octanol–water partition coefficient (Wildman–Crippen LogP) is 4.94. The summed E-state index contributed by atoms with van der Waals surface area (Å²) in [6, 6.07) is 6.80. The van der Waals surface area contributed by atoms with E-state index in [4.69, 9.17) is 38.2 Å². The van der Waals surface area contributed by atoms with Crippen molar-refractivity contribution in [3.05, 3.63) is 63.3 Å². The SMILES string of the molecule is Cc1noc([C@H]2CC[C@H](CNC(=O)c3cnc(N)c(OCc4c(Cl)cccc4Cl)c3)CC2)n1. The summed E-state index contributed by atoms with van der Waals surface area (Å²) in [7, 11) is 0. The van der Waals surface area contributed by atoms with Crippen LogP contribution in [0.15, 0.2) is 35.0 Å². The quantitative estimate of drug-likeness (QED) is 0.482. The summed E-state index contributed by atoms with van der Waals surface area (Å²) in [5, 5.41) is 7.86. The maximum Gasteiger partial charge on any atom is 0.252 e. The van der Waals surface area contributed by atoms with Gasteiger partial charge in [-0.3, -0.25) is 4.79 Å². The molecule has 3 N–H and O–H groups in total. The molecule has 0 bridgehead atoms. The van der Waals surface area contributed by atoms with E-state index in [0.717, 1.165) is 25.7 Å². The molecule has 10 heteroatoms. The third-order valence-electron chi connectivity index (χ3n) is 5.87. The smallest absolute Gasteiger partial charge is 0.252 e. The molecule has 1 saturated carbocycles. The number of benzene rings is 1. The van der Waals surface area contributed by atoms with Crippen LogP contribution in [0, 0.1) is 12.8 Å². The van der Waals surface area contributed by atoms with Crippen LogP contribution in [0.3, 0.4) is 0 Å². The highest BCUT2D eigenvalue weighted by Crippen LogP contribution is 2.35. The van der Waals surface area contributed by atoms with Crippen molar-refractivity contribution < 1.29 is 14.1 Å². The van der Waals surface area contributed by atoms with Gasteiger partial charge in [-0.1, -0.05) is 34.4 Å². The van der Waals surface area contributed by atoms with E-state index in [1.54, 1.807) is 24.3 Å². The van der Waals surface area contributed by atoms with Crippen LogP contribution in [0.2, 0.25) is 10.0 Å². The molecule has 0 unspecified atom stereocenters. The molecule has 1 aliphatic carbocycles. The standard InChI is InChI=1S/C23H25Cl2N5O3/c1-13-29-23(33-30-13)15-7-5-14(6-8-15)10-28-22(31)16-9-20(21(26)27-11-16)32-12-17-18(24)3-2-4-19(17)25/h2-4,9,11,14-15H,5-8,10,12H2,1H3,(H2,26,27)(H,28,31)/t14-,15-. The first-order chi connectivity index (χ1) is 15.9. The normalized spacial score (nSPS) is 18.2. The molecule has 0 atom stereocenters. The Bertz CT molecular complexity index is 1110. The van der Waals surface area contributed by atoms with Gasteiger partial charge in [0.05, 0.1) is 5.56 Å². The van der Waals surface area contributed by atoms with Crippen molar-refractivity contribution in [1.29, 1.82) is 0 Å². The molecule has 0 aliphatic heterocycles. The molecule has 0 saturated heterocycles. The number of nitrogens with zero attached hydrogens (tertiary/aromatic N) is 3. The van der Waals surface area contributed by atoms with Gasteiger partial charge in [-0.2, -0.15) is 4.98 Å². The average Bonchev–Trinajstić information content (AvgIpc) is 3.25. The summed E-state index contributed by atoms with van der Waals surface area (Å²) < 4.78 is 11.1. The Morgan fingerprint density at radius 2 is 1.97 bits per heavy atom. The highest BCUT2D eigenvalue weighted by Gasteiger charge is 2.26. The molecule has 2 aromatic heterocycles. The Balaban J connectivity index is 1.30. The van der Waals surface area contributed by atoms with Crippen LogP contribution in [0.25, 0.3) is 0 Å². The van der Waals surface area contributed by atoms with Crippen LogP contribution < -0.4 is 15.8 Å². The maximum absolute atomic E-state index is 12.7. The first-order valence-corrected chi connectivity index (χ1v) is 11.6. The van der Waals surface area contributed by atoms with E-state index >= 15 is 0 Å². The average molecular weight is 490 g/mol. The van der Waals surface area contributed by atoms with E-state index in [0.29, 0.717) is 57.0 Å². The van der Waals surface area contributed by atoms with Gasteiger partial charge < -0.3 is 20.3 Å². The monoisotopic (exact) mass is 489 g/mol. The number of anilines is 1. The third-order valence-corrected chi connectivity index (χ3v) is 6.58. The minimum Gasteiger partial charge on any atom is -0.485 e. The summed E-state index contributed by atoms with van der Waals surface area (Å²) >= 11 is 12.4. The number of aryl methyl sites for hydroxylation is 1. The second-order valence-corrected chi connectivity index (χ2v) is 9.02. The lowest BCUT2D eigenvalue weighted by molar-refractivity contribution is 0.0941. The zero-order valence-corrected chi connectivity index (χ0v) is 19.7. The van der Waals surface area contributed by atoms with E-state index in [2.05, 4.69) is 20.4 Å². The number of carbonyl (C=O) groups is 1. The molecule has 3 aromatic rings. The molecule has 1 aromatic carbocycles. The summed E-state index contributed by atoms with van der Waals surface area (Å²) in [4.78, 5) is 21.1. The van der Waals surface area contributed by atoms with Crippen molar-refractivity contribution >= 4 is 34.9 Å². The van der Waals surface area contributed by atoms with Crippen LogP contribution in [0.5, 0.6) is 5.75 Å². The van der Waals surface area contributed by atoms with E-state index in [1.807, 2.05) is 6.92 Å². The first-order valence-electron chi connectivity index (χ1n) is 10.8. The topological polar surface area (TPSA) is 116 Å². The number of pyridine rings is 1. The van der Waals surface area contributed by atoms with Crippen molar-refractivity contribution in [1.82, 2.24) is 20.4 Å². The fourth-order valence-corrected chi connectivity index (χ4v) is 4.45. The Morgan fingerprint density at radius 1 is 1.24 bits per heavy atom. The zero-order chi connectivity index (χ0) is 23.4. The molecule has 0 radical (unpaired) electrons. The number of hydrogen-bond donors (Lipinski definition) is 2. The number of nitrogen functional groups attached to an aromatic ring is 1. The number of rotatable bonds is 7. The van der Waals surface area contributed by atoms with Crippen molar-refractivity contribution in [2.75, 3.05) is 12.3 Å². The van der Waals surface area contributed by atoms with E-state index < -0.39 is 0 Å². The fourth-order valence-electron chi connectivity index (χ4n) is 3.95.